The number of likely N-dealkylation sites (tertiary alicyclic amines) is 1. The van der Waals surface area contributed by atoms with Gasteiger partial charge in [-0.25, -0.2) is 9.67 Å². The standard InChI is InChI=1S/C19H24N4O4/c1-26-17-3-2-14(6-15(17)8-23-13-20-12-21-23)7-22-9-16-10-27-5-4-19(16,11-22)18(24)25/h2-3,6,12-13,16H,4-5,7-11H2,1H3,(H,24,25)/t16-,19+/m1/s1. The van der Waals surface area contributed by atoms with Crippen molar-refractivity contribution in [2.75, 3.05) is 33.4 Å². The molecule has 0 amide bonds. The molecular formula is C19H24N4O4. The second-order valence-electron chi connectivity index (χ2n) is 7.39. The summed E-state index contributed by atoms with van der Waals surface area (Å²) in [6, 6.07) is 6.10. The van der Waals surface area contributed by atoms with Gasteiger partial charge in [-0.1, -0.05) is 6.07 Å². The van der Waals surface area contributed by atoms with Crippen LogP contribution in [0.5, 0.6) is 5.75 Å². The molecule has 1 N–H and O–H groups in total. The van der Waals surface area contributed by atoms with Gasteiger partial charge in [-0.3, -0.25) is 9.69 Å². The Bertz CT molecular complexity index is 810. The Labute approximate surface area is 157 Å². The second-order valence-corrected chi connectivity index (χ2v) is 7.39. The number of carboxylic acids is 1. The van der Waals surface area contributed by atoms with Gasteiger partial charge in [0.15, 0.2) is 0 Å². The minimum absolute atomic E-state index is 0.0524. The van der Waals surface area contributed by atoms with Crippen molar-refractivity contribution >= 4 is 5.97 Å². The van der Waals surface area contributed by atoms with E-state index in [4.69, 9.17) is 9.47 Å². The van der Waals surface area contributed by atoms with Crippen molar-refractivity contribution < 1.29 is 19.4 Å². The highest BCUT2D eigenvalue weighted by Gasteiger charge is 2.53. The van der Waals surface area contributed by atoms with E-state index in [9.17, 15) is 9.90 Å². The Balaban J connectivity index is 1.52. The minimum atomic E-state index is -0.695. The summed E-state index contributed by atoms with van der Waals surface area (Å²) >= 11 is 0. The van der Waals surface area contributed by atoms with Gasteiger partial charge in [0, 0.05) is 37.7 Å². The first-order valence-corrected chi connectivity index (χ1v) is 9.12. The lowest BCUT2D eigenvalue weighted by Gasteiger charge is -2.34. The molecule has 2 fully saturated rings. The van der Waals surface area contributed by atoms with Crippen molar-refractivity contribution in [3.8, 4) is 5.75 Å². The van der Waals surface area contributed by atoms with Gasteiger partial charge in [-0.15, -0.1) is 0 Å². The Morgan fingerprint density at radius 1 is 1.44 bits per heavy atom. The zero-order chi connectivity index (χ0) is 18.9. The normalized spacial score (nSPS) is 25.3. The molecule has 2 aromatic rings. The second kappa shape index (κ2) is 7.28. The van der Waals surface area contributed by atoms with E-state index >= 15 is 0 Å². The summed E-state index contributed by atoms with van der Waals surface area (Å²) in [5.41, 5.74) is 1.48. The topological polar surface area (TPSA) is 89.7 Å². The predicted octanol–water partition coefficient (Wildman–Crippen LogP) is 1.26. The molecule has 2 saturated heterocycles. The third-order valence-corrected chi connectivity index (χ3v) is 5.75. The van der Waals surface area contributed by atoms with Crippen molar-refractivity contribution in [3.05, 3.63) is 42.0 Å². The van der Waals surface area contributed by atoms with Gasteiger partial charge in [0.05, 0.1) is 25.7 Å². The van der Waals surface area contributed by atoms with E-state index in [0.717, 1.165) is 23.4 Å². The van der Waals surface area contributed by atoms with E-state index in [1.807, 2.05) is 12.1 Å². The van der Waals surface area contributed by atoms with Crippen LogP contribution in [-0.4, -0.2) is 64.2 Å². The number of hydrogen-bond acceptors (Lipinski definition) is 6. The lowest BCUT2D eigenvalue weighted by molar-refractivity contribution is -0.157. The Morgan fingerprint density at radius 2 is 2.33 bits per heavy atom. The number of benzene rings is 1. The minimum Gasteiger partial charge on any atom is -0.496 e. The first-order valence-electron chi connectivity index (χ1n) is 9.12. The number of fused-ring (bicyclic) bond motifs is 1. The van der Waals surface area contributed by atoms with E-state index in [0.29, 0.717) is 39.3 Å². The van der Waals surface area contributed by atoms with Crippen LogP contribution in [0.15, 0.2) is 30.9 Å². The number of aromatic nitrogens is 3. The SMILES string of the molecule is COc1ccc(CN2C[C@@H]3COCC[C@]3(C(=O)O)C2)cc1Cn1cncn1. The van der Waals surface area contributed by atoms with Crippen LogP contribution in [0.3, 0.4) is 0 Å². The number of carboxylic acid groups (broad SMARTS) is 1. The third-order valence-electron chi connectivity index (χ3n) is 5.75. The number of rotatable bonds is 6. The zero-order valence-electron chi connectivity index (χ0n) is 15.4. The molecule has 8 heteroatoms. The van der Waals surface area contributed by atoms with E-state index in [1.54, 1.807) is 18.1 Å². The van der Waals surface area contributed by atoms with Gasteiger partial charge < -0.3 is 14.6 Å². The van der Waals surface area contributed by atoms with Gasteiger partial charge in [0.1, 0.15) is 18.4 Å². The Kier molecular flexibility index (Phi) is 4.84. The van der Waals surface area contributed by atoms with Crippen molar-refractivity contribution in [1.29, 1.82) is 0 Å². The van der Waals surface area contributed by atoms with Crippen LogP contribution in [0.2, 0.25) is 0 Å². The molecular weight excluding hydrogens is 348 g/mol. The molecule has 0 aliphatic carbocycles. The van der Waals surface area contributed by atoms with E-state index in [2.05, 4.69) is 21.0 Å². The highest BCUT2D eigenvalue weighted by molar-refractivity contribution is 5.76. The monoisotopic (exact) mass is 372 g/mol. The van der Waals surface area contributed by atoms with Crippen molar-refractivity contribution in [3.63, 3.8) is 0 Å². The molecule has 0 bridgehead atoms. The molecule has 27 heavy (non-hydrogen) atoms. The molecule has 2 aliphatic rings. The fraction of sp³-hybridized carbons (Fsp3) is 0.526. The first kappa shape index (κ1) is 17.9. The fourth-order valence-electron chi connectivity index (χ4n) is 4.32. The maximum atomic E-state index is 12.0. The molecule has 4 rings (SSSR count). The maximum absolute atomic E-state index is 12.0. The number of ether oxygens (including phenoxy) is 2. The largest absolute Gasteiger partial charge is 0.496 e. The number of nitrogens with zero attached hydrogens (tertiary/aromatic N) is 4. The van der Waals surface area contributed by atoms with Gasteiger partial charge in [-0.05, 0) is 24.1 Å². The number of carbonyl (C=O) groups is 1. The van der Waals surface area contributed by atoms with Gasteiger partial charge >= 0.3 is 5.97 Å². The molecule has 144 valence electrons. The van der Waals surface area contributed by atoms with E-state index < -0.39 is 11.4 Å². The zero-order valence-corrected chi connectivity index (χ0v) is 15.4. The number of methoxy groups -OCH3 is 1. The van der Waals surface area contributed by atoms with Crippen LogP contribution >= 0.6 is 0 Å². The molecule has 2 aliphatic heterocycles. The van der Waals surface area contributed by atoms with Crippen LogP contribution in [0, 0.1) is 11.3 Å². The molecule has 1 aromatic carbocycles. The van der Waals surface area contributed by atoms with E-state index in [1.165, 1.54) is 6.33 Å². The number of hydrogen-bond donors (Lipinski definition) is 1. The smallest absolute Gasteiger partial charge is 0.311 e. The summed E-state index contributed by atoms with van der Waals surface area (Å²) in [5, 5.41) is 14.0. The summed E-state index contributed by atoms with van der Waals surface area (Å²) in [5.74, 6) is 0.163. The van der Waals surface area contributed by atoms with Crippen LogP contribution in [0.25, 0.3) is 0 Å². The molecule has 0 radical (unpaired) electrons. The number of aliphatic carboxylic acids is 1. The lowest BCUT2D eigenvalue weighted by atomic mass is 9.74. The van der Waals surface area contributed by atoms with Gasteiger partial charge in [0.2, 0.25) is 0 Å². The van der Waals surface area contributed by atoms with Crippen LogP contribution < -0.4 is 4.74 Å². The Morgan fingerprint density at radius 3 is 3.04 bits per heavy atom. The van der Waals surface area contributed by atoms with Crippen LogP contribution in [0.1, 0.15) is 17.5 Å². The molecule has 0 unspecified atom stereocenters. The molecule has 8 nitrogen and oxygen atoms in total. The average Bonchev–Trinajstić information content (AvgIpc) is 3.29. The van der Waals surface area contributed by atoms with Crippen molar-refractivity contribution in [2.24, 2.45) is 11.3 Å². The van der Waals surface area contributed by atoms with Crippen molar-refractivity contribution in [1.82, 2.24) is 19.7 Å². The summed E-state index contributed by atoms with van der Waals surface area (Å²) in [6.07, 6.45) is 3.77. The van der Waals surface area contributed by atoms with Crippen molar-refractivity contribution in [2.45, 2.75) is 19.5 Å². The highest BCUT2D eigenvalue weighted by atomic mass is 16.5. The van der Waals surface area contributed by atoms with E-state index in [-0.39, 0.29) is 5.92 Å². The maximum Gasteiger partial charge on any atom is 0.311 e. The molecule has 1 aromatic heterocycles. The van der Waals surface area contributed by atoms with Crippen LogP contribution in [0.4, 0.5) is 0 Å². The summed E-state index contributed by atoms with van der Waals surface area (Å²) in [6.45, 7) is 3.66. The van der Waals surface area contributed by atoms with Gasteiger partial charge in [-0.2, -0.15) is 5.10 Å². The quantitative estimate of drug-likeness (QED) is 0.816. The molecule has 0 saturated carbocycles. The molecule has 2 atom stereocenters. The molecule has 3 heterocycles. The summed E-state index contributed by atoms with van der Waals surface area (Å²) in [7, 11) is 1.65. The predicted molar refractivity (Wildman–Crippen MR) is 96.4 cm³/mol. The first-order chi connectivity index (χ1) is 13.1. The highest BCUT2D eigenvalue weighted by Crippen LogP contribution is 2.43. The third kappa shape index (κ3) is 3.42. The summed E-state index contributed by atoms with van der Waals surface area (Å²) < 4.78 is 12.8. The van der Waals surface area contributed by atoms with Crippen LogP contribution in [-0.2, 0) is 22.6 Å². The summed E-state index contributed by atoms with van der Waals surface area (Å²) in [4.78, 5) is 18.2. The fourth-order valence-corrected chi connectivity index (χ4v) is 4.32. The Hall–Kier alpha value is -2.45. The average molecular weight is 372 g/mol. The molecule has 0 spiro atoms. The van der Waals surface area contributed by atoms with Gasteiger partial charge in [0.25, 0.3) is 0 Å². The lowest BCUT2D eigenvalue weighted by Crippen LogP contribution is -2.44.